The lowest BCUT2D eigenvalue weighted by atomic mass is 9.76. The van der Waals surface area contributed by atoms with E-state index >= 15 is 0 Å². The van der Waals surface area contributed by atoms with Crippen LogP contribution in [0.5, 0.6) is 11.5 Å². The first kappa shape index (κ1) is 20.5. The number of aliphatic hydroxyl groups excluding tert-OH is 1. The van der Waals surface area contributed by atoms with Gasteiger partial charge in [0.05, 0.1) is 35.2 Å². The smallest absolute Gasteiger partial charge is 0.250 e. The molecule has 2 aromatic rings. The fraction of sp³-hybridized carbons (Fsp3) is 0.348. The monoisotopic (exact) mass is 469 g/mol. The average molecular weight is 470 g/mol. The molecule has 10 heteroatoms. The number of halogens is 1. The van der Waals surface area contributed by atoms with Crippen molar-refractivity contribution in [2.24, 2.45) is 11.8 Å². The van der Waals surface area contributed by atoms with Crippen molar-refractivity contribution in [2.45, 2.75) is 31.2 Å². The third kappa shape index (κ3) is 2.64. The van der Waals surface area contributed by atoms with Gasteiger partial charge in [-0.25, -0.2) is 0 Å². The van der Waals surface area contributed by atoms with Crippen molar-refractivity contribution in [3.63, 3.8) is 0 Å². The molecule has 5 atom stereocenters. The SMILES string of the molecule is C[C@H](O)[C@H]1N[C@]2(C(=O)Nc3c(Cl)cccc32)[C@@H]2C(=O)N(Cc3ccc4c(c3)OCO4)C(=O)[C@H]12. The molecule has 2 fully saturated rings. The van der Waals surface area contributed by atoms with Crippen molar-refractivity contribution >= 4 is 35.0 Å². The van der Waals surface area contributed by atoms with E-state index in [1.54, 1.807) is 36.4 Å². The van der Waals surface area contributed by atoms with Gasteiger partial charge in [0.25, 0.3) is 0 Å². The highest BCUT2D eigenvalue weighted by Gasteiger charge is 2.71. The first-order chi connectivity index (χ1) is 15.8. The van der Waals surface area contributed by atoms with Crippen molar-refractivity contribution in [1.29, 1.82) is 0 Å². The number of nitrogens with one attached hydrogen (secondary N) is 2. The summed E-state index contributed by atoms with van der Waals surface area (Å²) in [4.78, 5) is 41.7. The Morgan fingerprint density at radius 2 is 1.97 bits per heavy atom. The maximum atomic E-state index is 13.7. The molecule has 0 aliphatic carbocycles. The van der Waals surface area contributed by atoms with Crippen LogP contribution in [0.1, 0.15) is 18.1 Å². The number of hydrogen-bond donors (Lipinski definition) is 3. The Balaban J connectivity index is 1.43. The summed E-state index contributed by atoms with van der Waals surface area (Å²) < 4.78 is 10.7. The van der Waals surface area contributed by atoms with E-state index in [0.717, 1.165) is 0 Å². The molecule has 4 aliphatic rings. The summed E-state index contributed by atoms with van der Waals surface area (Å²) in [5.41, 5.74) is 0.111. The number of carbonyl (C=O) groups is 3. The van der Waals surface area contributed by atoms with E-state index in [9.17, 15) is 19.5 Å². The van der Waals surface area contributed by atoms with Gasteiger partial charge >= 0.3 is 0 Å². The second-order valence-corrected chi connectivity index (χ2v) is 9.20. The van der Waals surface area contributed by atoms with Crippen molar-refractivity contribution in [2.75, 3.05) is 12.1 Å². The van der Waals surface area contributed by atoms with Gasteiger partial charge in [0.1, 0.15) is 5.54 Å². The fourth-order valence-electron chi connectivity index (χ4n) is 5.58. The van der Waals surface area contributed by atoms with Crippen LogP contribution in [0.2, 0.25) is 5.02 Å². The van der Waals surface area contributed by atoms with Gasteiger partial charge in [0.15, 0.2) is 11.5 Å². The summed E-state index contributed by atoms with van der Waals surface area (Å²) in [7, 11) is 0. The van der Waals surface area contributed by atoms with E-state index < -0.39 is 47.2 Å². The molecule has 2 saturated heterocycles. The summed E-state index contributed by atoms with van der Waals surface area (Å²) in [5.74, 6) is -2.13. The standard InChI is InChI=1S/C23H20ClN3O6/c1-10(28)18-16-17(23(26-18)12-3-2-4-13(24)19(12)25-22(23)31)21(30)27(20(16)29)8-11-5-6-14-15(7-11)33-9-32-14/h2-7,10,16-18,26,28H,8-9H2,1H3,(H,25,31)/t10-,16-,17-,18+,23-/m0/s1. The van der Waals surface area contributed by atoms with Crippen LogP contribution in [0.25, 0.3) is 0 Å². The van der Waals surface area contributed by atoms with Crippen LogP contribution < -0.4 is 20.1 Å². The number of benzene rings is 2. The van der Waals surface area contributed by atoms with E-state index in [-0.39, 0.29) is 13.3 Å². The highest BCUT2D eigenvalue weighted by Crippen LogP contribution is 2.54. The molecule has 1 spiro atoms. The second kappa shape index (κ2) is 6.93. The lowest BCUT2D eigenvalue weighted by Gasteiger charge is -2.30. The number of imide groups is 1. The molecule has 4 aliphatic heterocycles. The Kier molecular flexibility index (Phi) is 4.30. The predicted octanol–water partition coefficient (Wildman–Crippen LogP) is 1.37. The largest absolute Gasteiger partial charge is 0.454 e. The molecule has 6 rings (SSSR count). The quantitative estimate of drug-likeness (QED) is 0.581. The summed E-state index contributed by atoms with van der Waals surface area (Å²) in [6.45, 7) is 1.68. The Bertz CT molecular complexity index is 1230. The van der Waals surface area contributed by atoms with E-state index in [4.69, 9.17) is 21.1 Å². The Hall–Kier alpha value is -3.14. The van der Waals surface area contributed by atoms with Crippen LogP contribution in [-0.2, 0) is 26.5 Å². The van der Waals surface area contributed by atoms with Crippen molar-refractivity contribution < 1.29 is 29.0 Å². The normalized spacial score (nSPS) is 30.1. The molecule has 3 amide bonds. The molecular formula is C23H20ClN3O6. The van der Waals surface area contributed by atoms with Crippen LogP contribution >= 0.6 is 11.6 Å². The summed E-state index contributed by atoms with van der Waals surface area (Å²) in [6.07, 6.45) is -0.977. The molecule has 4 heterocycles. The summed E-state index contributed by atoms with van der Waals surface area (Å²) in [6, 6.07) is 9.49. The molecular weight excluding hydrogens is 450 g/mol. The van der Waals surface area contributed by atoms with E-state index in [2.05, 4.69) is 10.6 Å². The van der Waals surface area contributed by atoms with Crippen LogP contribution in [0.3, 0.4) is 0 Å². The minimum Gasteiger partial charge on any atom is -0.454 e. The van der Waals surface area contributed by atoms with E-state index in [1.165, 1.54) is 11.8 Å². The lowest BCUT2D eigenvalue weighted by molar-refractivity contribution is -0.143. The van der Waals surface area contributed by atoms with Crippen molar-refractivity contribution in [3.8, 4) is 11.5 Å². The number of anilines is 1. The highest BCUT2D eigenvalue weighted by molar-refractivity contribution is 6.35. The topological polar surface area (TPSA) is 117 Å². The number of rotatable bonds is 3. The highest BCUT2D eigenvalue weighted by atomic mass is 35.5. The van der Waals surface area contributed by atoms with Gasteiger partial charge in [-0.15, -0.1) is 0 Å². The molecule has 3 N–H and O–H groups in total. The number of para-hydroxylation sites is 1. The van der Waals surface area contributed by atoms with Gasteiger partial charge < -0.3 is 19.9 Å². The zero-order valence-electron chi connectivity index (χ0n) is 17.5. The molecule has 9 nitrogen and oxygen atoms in total. The minimum absolute atomic E-state index is 0.0218. The van der Waals surface area contributed by atoms with Gasteiger partial charge in [-0.2, -0.15) is 0 Å². The maximum absolute atomic E-state index is 13.7. The van der Waals surface area contributed by atoms with Crippen LogP contribution in [0, 0.1) is 11.8 Å². The Labute approximate surface area is 193 Å². The zero-order valence-corrected chi connectivity index (χ0v) is 18.3. The van der Waals surface area contributed by atoms with Crippen molar-refractivity contribution in [3.05, 3.63) is 52.5 Å². The first-order valence-corrected chi connectivity index (χ1v) is 11.0. The number of amides is 3. The van der Waals surface area contributed by atoms with Gasteiger partial charge in [-0.3, -0.25) is 24.6 Å². The number of nitrogens with zero attached hydrogens (tertiary/aromatic N) is 1. The van der Waals surface area contributed by atoms with Crippen LogP contribution in [0.15, 0.2) is 36.4 Å². The second-order valence-electron chi connectivity index (χ2n) is 8.79. The molecule has 33 heavy (non-hydrogen) atoms. The fourth-order valence-corrected chi connectivity index (χ4v) is 5.80. The number of hydrogen-bond acceptors (Lipinski definition) is 7. The number of likely N-dealkylation sites (tertiary alicyclic amines) is 1. The van der Waals surface area contributed by atoms with Crippen LogP contribution in [-0.4, -0.2) is 46.7 Å². The molecule has 0 unspecified atom stereocenters. The minimum atomic E-state index is -1.50. The molecule has 0 bridgehead atoms. The van der Waals surface area contributed by atoms with E-state index in [0.29, 0.717) is 33.3 Å². The lowest BCUT2D eigenvalue weighted by Crippen LogP contribution is -2.54. The number of aliphatic hydroxyl groups is 1. The molecule has 0 radical (unpaired) electrons. The zero-order chi connectivity index (χ0) is 23.1. The van der Waals surface area contributed by atoms with Gasteiger partial charge in [0.2, 0.25) is 24.5 Å². The summed E-state index contributed by atoms with van der Waals surface area (Å²) in [5, 5.41) is 16.7. The van der Waals surface area contributed by atoms with Gasteiger partial charge in [0, 0.05) is 11.6 Å². The van der Waals surface area contributed by atoms with Crippen LogP contribution in [0.4, 0.5) is 5.69 Å². The number of ether oxygens (including phenoxy) is 2. The van der Waals surface area contributed by atoms with E-state index in [1.807, 2.05) is 0 Å². The molecule has 2 aromatic carbocycles. The number of carbonyl (C=O) groups excluding carboxylic acids is 3. The van der Waals surface area contributed by atoms with Gasteiger partial charge in [-0.05, 0) is 30.7 Å². The molecule has 170 valence electrons. The Morgan fingerprint density at radius 1 is 1.18 bits per heavy atom. The van der Waals surface area contributed by atoms with Gasteiger partial charge in [-0.1, -0.05) is 29.8 Å². The number of fused-ring (bicyclic) bond motifs is 5. The van der Waals surface area contributed by atoms with Crippen molar-refractivity contribution in [1.82, 2.24) is 10.2 Å². The predicted molar refractivity (Wildman–Crippen MR) is 115 cm³/mol. The third-order valence-electron chi connectivity index (χ3n) is 7.02. The maximum Gasteiger partial charge on any atom is 0.250 e. The first-order valence-electron chi connectivity index (χ1n) is 10.6. The molecule has 0 aromatic heterocycles. The summed E-state index contributed by atoms with van der Waals surface area (Å²) >= 11 is 6.31. The third-order valence-corrected chi connectivity index (χ3v) is 7.34. The Morgan fingerprint density at radius 3 is 2.76 bits per heavy atom. The molecule has 0 saturated carbocycles. The average Bonchev–Trinajstić information content (AvgIpc) is 3.51.